The van der Waals surface area contributed by atoms with Crippen LogP contribution in [0.2, 0.25) is 0 Å². The van der Waals surface area contributed by atoms with Crippen molar-refractivity contribution in [2.75, 3.05) is 13.1 Å². The summed E-state index contributed by atoms with van der Waals surface area (Å²) in [6, 6.07) is 15.1. The highest BCUT2D eigenvalue weighted by atomic mass is 19.1. The molecule has 1 N–H and O–H groups in total. The van der Waals surface area contributed by atoms with Crippen LogP contribution in [0.25, 0.3) is 11.1 Å². The maximum Gasteiger partial charge on any atom is 0.141 e. The second kappa shape index (κ2) is 7.64. The summed E-state index contributed by atoms with van der Waals surface area (Å²) in [5.41, 5.74) is 2.32. The number of aromatic nitrogens is 2. The van der Waals surface area contributed by atoms with Crippen molar-refractivity contribution in [3.8, 4) is 11.1 Å². The molecule has 2 unspecified atom stereocenters. The van der Waals surface area contributed by atoms with Crippen LogP contribution < -0.4 is 0 Å². The Morgan fingerprint density at radius 3 is 2.43 bits per heavy atom. The number of benzene rings is 2. The van der Waals surface area contributed by atoms with Crippen LogP contribution in [0.15, 0.2) is 60.9 Å². The molecule has 1 aromatic heterocycles. The van der Waals surface area contributed by atoms with Crippen LogP contribution >= 0.6 is 0 Å². The van der Waals surface area contributed by atoms with Gasteiger partial charge in [-0.05, 0) is 47.7 Å². The zero-order chi connectivity index (χ0) is 20.7. The molecule has 1 aliphatic carbocycles. The van der Waals surface area contributed by atoms with E-state index in [0.29, 0.717) is 0 Å². The van der Waals surface area contributed by atoms with Crippen LogP contribution in [0.1, 0.15) is 30.7 Å². The molecule has 3 aromatic rings. The molecule has 2 heterocycles. The molecular weight excluding hydrogens is 377 g/mol. The second-order valence-corrected chi connectivity index (χ2v) is 8.92. The summed E-state index contributed by atoms with van der Waals surface area (Å²) < 4.78 is 15.6. The van der Waals surface area contributed by atoms with Crippen LogP contribution in [0.3, 0.4) is 0 Å². The quantitative estimate of drug-likeness (QED) is 0.702. The topological polar surface area (TPSA) is 41.3 Å². The maximum absolute atomic E-state index is 13.6. The molecule has 30 heavy (non-hydrogen) atoms. The fraction of sp³-hybridized carbons (Fsp3) is 0.400. The van der Waals surface area contributed by atoms with Gasteiger partial charge in [-0.1, -0.05) is 36.8 Å². The van der Waals surface area contributed by atoms with Gasteiger partial charge in [0.25, 0.3) is 0 Å². The predicted molar refractivity (Wildman–Crippen MR) is 115 cm³/mol. The average Bonchev–Trinajstić information content (AvgIpc) is 3.16. The van der Waals surface area contributed by atoms with Gasteiger partial charge in [-0.25, -0.2) is 9.37 Å². The molecule has 156 valence electrons. The van der Waals surface area contributed by atoms with Gasteiger partial charge in [-0.2, -0.15) is 0 Å². The first-order chi connectivity index (χ1) is 14.5. The highest BCUT2D eigenvalue weighted by molar-refractivity contribution is 5.64. The van der Waals surface area contributed by atoms with Crippen LogP contribution in [-0.4, -0.2) is 32.6 Å². The summed E-state index contributed by atoms with van der Waals surface area (Å²) in [6.07, 6.45) is 6.94. The standard InChI is InChI=1S/C25H28FN3O/c1-28-12-11-27-24(28)25(30)21-8-4-9-22(25)17-29(16-21)15-18-5-2-6-19(13-18)20-7-3-10-23(26)14-20/h2-3,5-7,10-14,21-22,30H,4,8-9,15-17H2,1H3. The molecule has 0 spiro atoms. The van der Waals surface area contributed by atoms with Gasteiger partial charge >= 0.3 is 0 Å². The van der Waals surface area contributed by atoms with E-state index in [0.717, 1.165) is 49.4 Å². The Labute approximate surface area is 177 Å². The van der Waals surface area contributed by atoms with Gasteiger partial charge in [0, 0.05) is 50.9 Å². The first-order valence-electron chi connectivity index (χ1n) is 10.8. The number of aryl methyl sites for hydroxylation is 1. The van der Waals surface area contributed by atoms with Gasteiger partial charge in [0.05, 0.1) is 0 Å². The van der Waals surface area contributed by atoms with Crippen LogP contribution in [0.4, 0.5) is 4.39 Å². The molecule has 2 aliphatic rings. The third-order valence-electron chi connectivity index (χ3n) is 6.98. The lowest BCUT2D eigenvalue weighted by atomic mass is 9.65. The van der Waals surface area contributed by atoms with Crippen molar-refractivity contribution in [1.29, 1.82) is 0 Å². The second-order valence-electron chi connectivity index (χ2n) is 8.92. The lowest BCUT2D eigenvalue weighted by Gasteiger charge is -2.52. The Morgan fingerprint density at radius 1 is 1.07 bits per heavy atom. The zero-order valence-electron chi connectivity index (χ0n) is 17.3. The number of imidazole rings is 1. The molecule has 2 aromatic carbocycles. The number of fused-ring (bicyclic) bond motifs is 2. The Hall–Kier alpha value is -2.50. The molecule has 5 rings (SSSR count). The van der Waals surface area contributed by atoms with Gasteiger partial charge in [-0.3, -0.25) is 4.90 Å². The summed E-state index contributed by atoms with van der Waals surface area (Å²) >= 11 is 0. The molecule has 2 atom stereocenters. The fourth-order valence-electron chi connectivity index (χ4n) is 5.56. The largest absolute Gasteiger partial charge is 0.381 e. The van der Waals surface area contributed by atoms with Gasteiger partial charge in [0.1, 0.15) is 17.2 Å². The summed E-state index contributed by atoms with van der Waals surface area (Å²) in [7, 11) is 1.97. The van der Waals surface area contributed by atoms with Gasteiger partial charge < -0.3 is 9.67 Å². The smallest absolute Gasteiger partial charge is 0.141 e. The molecule has 2 fully saturated rings. The third kappa shape index (κ3) is 3.36. The molecule has 0 amide bonds. The minimum atomic E-state index is -0.837. The Bertz CT molecular complexity index is 1030. The molecule has 4 nitrogen and oxygen atoms in total. The Kier molecular flexibility index (Phi) is 4.95. The SMILES string of the molecule is Cn1ccnc1C1(O)C2CCCC1CN(Cc1cccc(-c3cccc(F)c3)c1)C2. The van der Waals surface area contributed by atoms with Crippen molar-refractivity contribution in [3.63, 3.8) is 0 Å². The number of likely N-dealkylation sites (tertiary alicyclic amines) is 1. The van der Waals surface area contributed by atoms with Crippen molar-refractivity contribution >= 4 is 0 Å². The minimum absolute atomic E-state index is 0.192. The van der Waals surface area contributed by atoms with Gasteiger partial charge in [-0.15, -0.1) is 0 Å². The number of hydrogen-bond donors (Lipinski definition) is 1. The van der Waals surface area contributed by atoms with Crippen LogP contribution in [-0.2, 0) is 19.2 Å². The van der Waals surface area contributed by atoms with Crippen LogP contribution in [0.5, 0.6) is 0 Å². The monoisotopic (exact) mass is 405 g/mol. The van der Waals surface area contributed by atoms with Crippen molar-refractivity contribution in [2.45, 2.75) is 31.4 Å². The zero-order valence-corrected chi connectivity index (χ0v) is 17.3. The molecule has 1 saturated heterocycles. The van der Waals surface area contributed by atoms with E-state index in [1.807, 2.05) is 36.0 Å². The number of halogens is 1. The summed E-state index contributed by atoms with van der Waals surface area (Å²) in [5.74, 6) is 0.982. The van der Waals surface area contributed by atoms with Crippen molar-refractivity contribution in [3.05, 3.63) is 78.1 Å². The Balaban J connectivity index is 1.37. The van der Waals surface area contributed by atoms with Crippen molar-refractivity contribution < 1.29 is 9.50 Å². The maximum atomic E-state index is 13.6. The fourth-order valence-corrected chi connectivity index (χ4v) is 5.56. The number of aliphatic hydroxyl groups is 1. The van der Waals surface area contributed by atoms with E-state index in [2.05, 4.69) is 22.0 Å². The van der Waals surface area contributed by atoms with E-state index < -0.39 is 5.60 Å². The lowest BCUT2D eigenvalue weighted by Crippen LogP contribution is -2.58. The predicted octanol–water partition coefficient (Wildman–Crippen LogP) is 4.35. The summed E-state index contributed by atoms with van der Waals surface area (Å²) in [4.78, 5) is 6.99. The van der Waals surface area contributed by atoms with Crippen molar-refractivity contribution in [2.24, 2.45) is 18.9 Å². The third-order valence-corrected chi connectivity index (χ3v) is 6.98. The number of hydrogen-bond acceptors (Lipinski definition) is 3. The molecule has 2 bridgehead atoms. The number of nitrogens with zero attached hydrogens (tertiary/aromatic N) is 3. The normalized spacial score (nSPS) is 26.6. The highest BCUT2D eigenvalue weighted by Crippen LogP contribution is 2.48. The Morgan fingerprint density at radius 2 is 1.77 bits per heavy atom. The average molecular weight is 406 g/mol. The molecular formula is C25H28FN3O. The van der Waals surface area contributed by atoms with E-state index in [-0.39, 0.29) is 17.7 Å². The van der Waals surface area contributed by atoms with Gasteiger partial charge in [0.2, 0.25) is 0 Å². The van der Waals surface area contributed by atoms with Gasteiger partial charge in [0.15, 0.2) is 0 Å². The molecule has 1 saturated carbocycles. The lowest BCUT2D eigenvalue weighted by molar-refractivity contribution is -0.155. The summed E-state index contributed by atoms with van der Waals surface area (Å²) in [6.45, 7) is 2.57. The molecule has 0 radical (unpaired) electrons. The van der Waals surface area contributed by atoms with Crippen molar-refractivity contribution in [1.82, 2.24) is 14.5 Å². The van der Waals surface area contributed by atoms with E-state index in [9.17, 15) is 9.50 Å². The first-order valence-corrected chi connectivity index (χ1v) is 10.8. The van der Waals surface area contributed by atoms with E-state index in [4.69, 9.17) is 0 Å². The number of rotatable bonds is 4. The molecule has 1 aliphatic heterocycles. The minimum Gasteiger partial charge on any atom is -0.381 e. The highest BCUT2D eigenvalue weighted by Gasteiger charge is 2.53. The van der Waals surface area contributed by atoms with E-state index >= 15 is 0 Å². The van der Waals surface area contributed by atoms with E-state index in [1.165, 1.54) is 18.1 Å². The molecule has 5 heteroatoms. The van der Waals surface area contributed by atoms with Crippen LogP contribution in [0, 0.1) is 17.7 Å². The number of piperidine rings is 1. The summed E-state index contributed by atoms with van der Waals surface area (Å²) in [5, 5.41) is 11.7. The first kappa shape index (κ1) is 19.5. The van der Waals surface area contributed by atoms with E-state index in [1.54, 1.807) is 18.3 Å².